The number of carbonyl (C=O) groups is 1. The molecule has 0 aliphatic heterocycles. The van der Waals surface area contributed by atoms with E-state index < -0.39 is 0 Å². The predicted octanol–water partition coefficient (Wildman–Crippen LogP) is 3.62. The first-order valence-electron chi connectivity index (χ1n) is 9.14. The van der Waals surface area contributed by atoms with Crippen LogP contribution >= 0.6 is 0 Å². The highest BCUT2D eigenvalue weighted by molar-refractivity contribution is 5.76. The zero-order valence-electron chi connectivity index (χ0n) is 15.8. The summed E-state index contributed by atoms with van der Waals surface area (Å²) < 4.78 is 7.29. The van der Waals surface area contributed by atoms with Gasteiger partial charge in [0, 0.05) is 37.0 Å². The van der Waals surface area contributed by atoms with E-state index in [0.717, 1.165) is 34.8 Å². The molecular weight excluding hydrogens is 338 g/mol. The van der Waals surface area contributed by atoms with Crippen molar-refractivity contribution in [1.82, 2.24) is 14.9 Å². The minimum absolute atomic E-state index is 0.0600. The van der Waals surface area contributed by atoms with E-state index in [-0.39, 0.29) is 5.91 Å². The summed E-state index contributed by atoms with van der Waals surface area (Å²) in [5.74, 6) is 1.82. The summed E-state index contributed by atoms with van der Waals surface area (Å²) in [4.78, 5) is 16.7. The maximum absolute atomic E-state index is 12.1. The quantitative estimate of drug-likeness (QED) is 0.665. The number of hydrogen-bond acceptors (Lipinski definition) is 3. The van der Waals surface area contributed by atoms with Crippen molar-refractivity contribution in [3.63, 3.8) is 0 Å². The Balaban J connectivity index is 1.49. The third kappa shape index (κ3) is 4.97. The fourth-order valence-corrected chi connectivity index (χ4v) is 3.01. The number of aryl methyl sites for hydroxylation is 2. The second kappa shape index (κ2) is 9.03. The van der Waals surface area contributed by atoms with Gasteiger partial charge in [0.05, 0.1) is 7.11 Å². The Morgan fingerprint density at radius 3 is 2.56 bits per heavy atom. The van der Waals surface area contributed by atoms with Crippen molar-refractivity contribution in [1.29, 1.82) is 0 Å². The summed E-state index contributed by atoms with van der Waals surface area (Å²) in [6.07, 6.45) is 3.06. The largest absolute Gasteiger partial charge is 0.497 e. The van der Waals surface area contributed by atoms with Crippen LogP contribution in [-0.2, 0) is 17.8 Å². The average molecular weight is 363 g/mol. The van der Waals surface area contributed by atoms with E-state index in [4.69, 9.17) is 4.74 Å². The number of nitrogens with one attached hydrogen (secondary N) is 1. The van der Waals surface area contributed by atoms with E-state index in [1.54, 1.807) is 7.11 Å². The maximum atomic E-state index is 12.1. The van der Waals surface area contributed by atoms with Gasteiger partial charge in [-0.2, -0.15) is 0 Å². The van der Waals surface area contributed by atoms with E-state index >= 15 is 0 Å². The van der Waals surface area contributed by atoms with Gasteiger partial charge in [0.25, 0.3) is 0 Å². The minimum atomic E-state index is 0.0600. The Morgan fingerprint density at radius 1 is 1.11 bits per heavy atom. The molecule has 1 heterocycles. The van der Waals surface area contributed by atoms with Gasteiger partial charge < -0.3 is 14.6 Å². The predicted molar refractivity (Wildman–Crippen MR) is 107 cm³/mol. The number of methoxy groups -OCH3 is 1. The fourth-order valence-electron chi connectivity index (χ4n) is 3.01. The van der Waals surface area contributed by atoms with Gasteiger partial charge in [-0.25, -0.2) is 4.98 Å². The molecule has 5 nitrogen and oxygen atoms in total. The SMILES string of the molecule is COc1ccc(CCC(=O)NCCn2c(C)cnc2-c2ccccc2)cc1. The van der Waals surface area contributed by atoms with Crippen LogP contribution in [0.15, 0.2) is 60.8 Å². The molecule has 1 N–H and O–H groups in total. The third-order valence-electron chi connectivity index (χ3n) is 4.54. The van der Waals surface area contributed by atoms with Crippen LogP contribution < -0.4 is 10.1 Å². The topological polar surface area (TPSA) is 56.1 Å². The Bertz CT molecular complexity index is 870. The van der Waals surface area contributed by atoms with Crippen LogP contribution in [0.25, 0.3) is 11.4 Å². The van der Waals surface area contributed by atoms with Gasteiger partial charge in [0.2, 0.25) is 5.91 Å². The molecule has 0 saturated carbocycles. The molecule has 0 spiro atoms. The summed E-state index contributed by atoms with van der Waals surface area (Å²) in [5, 5.41) is 3.01. The first kappa shape index (κ1) is 18.7. The highest BCUT2D eigenvalue weighted by atomic mass is 16.5. The van der Waals surface area contributed by atoms with Crippen molar-refractivity contribution < 1.29 is 9.53 Å². The number of amides is 1. The van der Waals surface area contributed by atoms with Crippen molar-refractivity contribution in [3.8, 4) is 17.1 Å². The van der Waals surface area contributed by atoms with Gasteiger partial charge in [0.15, 0.2) is 0 Å². The molecule has 0 unspecified atom stereocenters. The molecule has 0 aliphatic carbocycles. The zero-order chi connectivity index (χ0) is 19.1. The van der Waals surface area contributed by atoms with Gasteiger partial charge in [-0.1, -0.05) is 42.5 Å². The van der Waals surface area contributed by atoms with Crippen LogP contribution in [0.5, 0.6) is 5.75 Å². The van der Waals surface area contributed by atoms with E-state index in [1.165, 1.54) is 0 Å². The lowest BCUT2D eigenvalue weighted by Crippen LogP contribution is -2.27. The molecular formula is C22H25N3O2. The lowest BCUT2D eigenvalue weighted by Gasteiger charge is -2.11. The Hall–Kier alpha value is -3.08. The molecule has 1 amide bonds. The third-order valence-corrected chi connectivity index (χ3v) is 4.54. The van der Waals surface area contributed by atoms with Crippen molar-refractivity contribution in [2.45, 2.75) is 26.3 Å². The molecule has 3 rings (SSSR count). The lowest BCUT2D eigenvalue weighted by molar-refractivity contribution is -0.121. The van der Waals surface area contributed by atoms with Crippen LogP contribution in [0, 0.1) is 6.92 Å². The number of ether oxygens (including phenoxy) is 1. The summed E-state index contributed by atoms with van der Waals surface area (Å²) in [6, 6.07) is 17.9. The van der Waals surface area contributed by atoms with Gasteiger partial charge in [-0.3, -0.25) is 4.79 Å². The zero-order valence-corrected chi connectivity index (χ0v) is 15.8. The Morgan fingerprint density at radius 2 is 1.85 bits per heavy atom. The first-order valence-corrected chi connectivity index (χ1v) is 9.14. The Kier molecular flexibility index (Phi) is 6.26. The average Bonchev–Trinajstić information content (AvgIpc) is 3.08. The van der Waals surface area contributed by atoms with Crippen molar-refractivity contribution >= 4 is 5.91 Å². The second-order valence-electron chi connectivity index (χ2n) is 6.44. The van der Waals surface area contributed by atoms with Gasteiger partial charge >= 0.3 is 0 Å². The van der Waals surface area contributed by atoms with Crippen LogP contribution in [0.3, 0.4) is 0 Å². The minimum Gasteiger partial charge on any atom is -0.497 e. The molecule has 0 aliphatic rings. The lowest BCUT2D eigenvalue weighted by atomic mass is 10.1. The molecule has 0 fully saturated rings. The van der Waals surface area contributed by atoms with Crippen molar-refractivity contribution in [2.24, 2.45) is 0 Å². The first-order chi connectivity index (χ1) is 13.2. The monoisotopic (exact) mass is 363 g/mol. The van der Waals surface area contributed by atoms with E-state index in [9.17, 15) is 4.79 Å². The van der Waals surface area contributed by atoms with E-state index in [1.807, 2.05) is 67.7 Å². The number of carbonyl (C=O) groups excluding carboxylic acids is 1. The van der Waals surface area contributed by atoms with Crippen LogP contribution in [-0.4, -0.2) is 29.1 Å². The summed E-state index contributed by atoms with van der Waals surface area (Å²) >= 11 is 0. The summed E-state index contributed by atoms with van der Waals surface area (Å²) in [5.41, 5.74) is 3.29. The Labute approximate surface area is 160 Å². The highest BCUT2D eigenvalue weighted by Crippen LogP contribution is 2.18. The molecule has 1 aromatic heterocycles. The molecule has 2 aromatic carbocycles. The molecule has 0 atom stereocenters. The smallest absolute Gasteiger partial charge is 0.220 e. The second-order valence-corrected chi connectivity index (χ2v) is 6.44. The fraction of sp³-hybridized carbons (Fsp3) is 0.273. The van der Waals surface area contributed by atoms with Crippen LogP contribution in [0.4, 0.5) is 0 Å². The number of aromatic nitrogens is 2. The standard InChI is InChI=1S/C22H25N3O2/c1-17-16-24-22(19-6-4-3-5-7-19)25(17)15-14-23-21(26)13-10-18-8-11-20(27-2)12-9-18/h3-9,11-12,16H,10,13-15H2,1-2H3,(H,23,26). The van der Waals surface area contributed by atoms with Gasteiger partial charge in [-0.15, -0.1) is 0 Å². The molecule has 140 valence electrons. The number of rotatable bonds is 8. The molecule has 0 saturated heterocycles. The molecule has 0 radical (unpaired) electrons. The molecule has 0 bridgehead atoms. The summed E-state index contributed by atoms with van der Waals surface area (Å²) in [7, 11) is 1.65. The molecule has 5 heteroatoms. The van der Waals surface area contributed by atoms with E-state index in [2.05, 4.69) is 14.9 Å². The van der Waals surface area contributed by atoms with Crippen molar-refractivity contribution in [3.05, 3.63) is 72.1 Å². The number of imidazole rings is 1. The van der Waals surface area contributed by atoms with Gasteiger partial charge in [-0.05, 0) is 31.0 Å². The number of nitrogens with zero attached hydrogens (tertiary/aromatic N) is 2. The van der Waals surface area contributed by atoms with Crippen molar-refractivity contribution in [2.75, 3.05) is 13.7 Å². The number of benzene rings is 2. The molecule has 3 aromatic rings. The number of hydrogen-bond donors (Lipinski definition) is 1. The van der Waals surface area contributed by atoms with Crippen LogP contribution in [0.1, 0.15) is 17.7 Å². The maximum Gasteiger partial charge on any atom is 0.220 e. The van der Waals surface area contributed by atoms with Crippen LogP contribution in [0.2, 0.25) is 0 Å². The highest BCUT2D eigenvalue weighted by Gasteiger charge is 2.09. The molecule has 27 heavy (non-hydrogen) atoms. The van der Waals surface area contributed by atoms with Gasteiger partial charge in [0.1, 0.15) is 11.6 Å². The van der Waals surface area contributed by atoms with E-state index in [0.29, 0.717) is 19.5 Å². The summed E-state index contributed by atoms with van der Waals surface area (Å²) in [6.45, 7) is 3.31. The normalized spacial score (nSPS) is 10.6.